The first-order valence-electron chi connectivity index (χ1n) is 6.12. The molecule has 1 aromatic carbocycles. The van der Waals surface area contributed by atoms with Crippen LogP contribution in [0.4, 0.5) is 0 Å². The van der Waals surface area contributed by atoms with Crippen LogP contribution in [0.15, 0.2) is 18.2 Å². The number of hydrogen-bond donors (Lipinski definition) is 1. The molecule has 100 valence electrons. The van der Waals surface area contributed by atoms with Gasteiger partial charge in [-0.15, -0.1) is 0 Å². The molecule has 0 fully saturated rings. The average Bonchev–Trinajstić information content (AvgIpc) is 2.34. The Kier molecular flexibility index (Phi) is 5.99. The van der Waals surface area contributed by atoms with Gasteiger partial charge in [-0.25, -0.2) is 0 Å². The Balaban J connectivity index is 2.43. The van der Waals surface area contributed by atoms with Crippen LogP contribution in [-0.2, 0) is 11.2 Å². The molecule has 18 heavy (non-hydrogen) atoms. The first-order chi connectivity index (χ1) is 8.52. The normalized spacial score (nSPS) is 10.5. The molecule has 0 aliphatic carbocycles. The molecule has 0 aliphatic heterocycles. The number of nitrogens with one attached hydrogen (secondary N) is 1. The summed E-state index contributed by atoms with van der Waals surface area (Å²) in [5, 5.41) is 3.47. The maximum Gasteiger partial charge on any atom is 0.220 e. The maximum atomic E-state index is 11.6. The monoisotopic (exact) mass is 269 g/mol. The Morgan fingerprint density at radius 1 is 1.44 bits per heavy atom. The third-order valence-corrected chi connectivity index (χ3v) is 2.86. The van der Waals surface area contributed by atoms with Gasteiger partial charge >= 0.3 is 0 Å². The van der Waals surface area contributed by atoms with Crippen LogP contribution in [0, 0.1) is 5.92 Å². The lowest BCUT2D eigenvalue weighted by Crippen LogP contribution is -2.27. The average molecular weight is 270 g/mol. The topological polar surface area (TPSA) is 38.3 Å². The molecule has 3 nitrogen and oxygen atoms in total. The molecule has 0 saturated heterocycles. The van der Waals surface area contributed by atoms with E-state index in [1.54, 1.807) is 7.11 Å². The fourth-order valence-corrected chi connectivity index (χ4v) is 1.81. The standard InChI is InChI=1S/C14H20ClNO2/c1-10(2)9-16-14(17)7-5-11-4-6-13(18-3)12(15)8-11/h4,6,8,10H,5,7,9H2,1-3H3,(H,16,17). The molecule has 1 amide bonds. The Hall–Kier alpha value is -1.22. The predicted octanol–water partition coefficient (Wildman–Crippen LogP) is 3.05. The van der Waals surface area contributed by atoms with E-state index < -0.39 is 0 Å². The Morgan fingerprint density at radius 2 is 2.17 bits per heavy atom. The van der Waals surface area contributed by atoms with E-state index in [4.69, 9.17) is 16.3 Å². The molecule has 1 N–H and O–H groups in total. The van der Waals surface area contributed by atoms with Gasteiger partial charge in [-0.2, -0.15) is 0 Å². The van der Waals surface area contributed by atoms with Crippen molar-refractivity contribution in [2.75, 3.05) is 13.7 Å². The van der Waals surface area contributed by atoms with E-state index in [-0.39, 0.29) is 5.91 Å². The van der Waals surface area contributed by atoms with Crippen LogP contribution in [0.1, 0.15) is 25.8 Å². The molecule has 0 spiro atoms. The number of carbonyl (C=O) groups is 1. The number of amides is 1. The lowest BCUT2D eigenvalue weighted by atomic mass is 10.1. The first-order valence-corrected chi connectivity index (χ1v) is 6.50. The van der Waals surface area contributed by atoms with Gasteiger partial charge in [0.15, 0.2) is 0 Å². The minimum atomic E-state index is 0.0793. The summed E-state index contributed by atoms with van der Waals surface area (Å²) in [7, 11) is 1.58. The van der Waals surface area contributed by atoms with Crippen molar-refractivity contribution in [3.05, 3.63) is 28.8 Å². The predicted molar refractivity (Wildman–Crippen MR) is 74.2 cm³/mol. The van der Waals surface area contributed by atoms with Gasteiger partial charge in [-0.1, -0.05) is 31.5 Å². The summed E-state index contributed by atoms with van der Waals surface area (Å²) in [5.41, 5.74) is 1.04. The summed E-state index contributed by atoms with van der Waals surface area (Å²) < 4.78 is 5.08. The zero-order valence-corrected chi connectivity index (χ0v) is 11.9. The van der Waals surface area contributed by atoms with Crippen molar-refractivity contribution in [2.24, 2.45) is 5.92 Å². The van der Waals surface area contributed by atoms with Crippen molar-refractivity contribution >= 4 is 17.5 Å². The van der Waals surface area contributed by atoms with Crippen LogP contribution in [0.3, 0.4) is 0 Å². The fourth-order valence-electron chi connectivity index (χ4n) is 1.53. The summed E-state index contributed by atoms with van der Waals surface area (Å²) in [5.74, 6) is 1.21. The van der Waals surface area contributed by atoms with Crippen LogP contribution < -0.4 is 10.1 Å². The number of rotatable bonds is 6. The largest absolute Gasteiger partial charge is 0.495 e. The molecular weight excluding hydrogens is 250 g/mol. The second-order valence-corrected chi connectivity index (χ2v) is 5.07. The molecule has 0 aliphatic rings. The van der Waals surface area contributed by atoms with Gasteiger partial charge in [-0.05, 0) is 30.0 Å². The van der Waals surface area contributed by atoms with Gasteiger partial charge in [0.25, 0.3) is 0 Å². The second kappa shape index (κ2) is 7.27. The van der Waals surface area contributed by atoms with E-state index in [0.29, 0.717) is 29.5 Å². The van der Waals surface area contributed by atoms with Gasteiger partial charge in [0, 0.05) is 13.0 Å². The molecule has 1 rings (SSSR count). The number of methoxy groups -OCH3 is 1. The highest BCUT2D eigenvalue weighted by Crippen LogP contribution is 2.25. The summed E-state index contributed by atoms with van der Waals surface area (Å²) in [6.45, 7) is 4.87. The number of ether oxygens (including phenoxy) is 1. The van der Waals surface area contributed by atoms with E-state index in [9.17, 15) is 4.79 Å². The fraction of sp³-hybridized carbons (Fsp3) is 0.500. The summed E-state index contributed by atoms with van der Waals surface area (Å²) >= 11 is 6.02. The van der Waals surface area contributed by atoms with Gasteiger partial charge in [-0.3, -0.25) is 4.79 Å². The van der Waals surface area contributed by atoms with E-state index >= 15 is 0 Å². The lowest BCUT2D eigenvalue weighted by molar-refractivity contribution is -0.121. The number of halogens is 1. The zero-order chi connectivity index (χ0) is 13.5. The van der Waals surface area contributed by atoms with Gasteiger partial charge in [0.1, 0.15) is 5.75 Å². The van der Waals surface area contributed by atoms with Crippen LogP contribution >= 0.6 is 11.6 Å². The minimum Gasteiger partial charge on any atom is -0.495 e. The molecule has 0 bridgehead atoms. The van der Waals surface area contributed by atoms with Gasteiger partial charge < -0.3 is 10.1 Å². The summed E-state index contributed by atoms with van der Waals surface area (Å²) in [6.07, 6.45) is 1.17. The Labute approximate surface area is 113 Å². The summed E-state index contributed by atoms with van der Waals surface area (Å²) in [4.78, 5) is 11.6. The number of carbonyl (C=O) groups excluding carboxylic acids is 1. The molecule has 0 radical (unpaired) electrons. The van der Waals surface area contributed by atoms with Crippen molar-refractivity contribution in [1.82, 2.24) is 5.32 Å². The molecule has 0 aromatic heterocycles. The Bertz CT molecular complexity index is 405. The first kappa shape index (κ1) is 14.8. The maximum absolute atomic E-state index is 11.6. The minimum absolute atomic E-state index is 0.0793. The smallest absolute Gasteiger partial charge is 0.220 e. The van der Waals surface area contributed by atoms with Crippen molar-refractivity contribution < 1.29 is 9.53 Å². The van der Waals surface area contributed by atoms with Gasteiger partial charge in [0.05, 0.1) is 12.1 Å². The van der Waals surface area contributed by atoms with E-state index in [0.717, 1.165) is 12.1 Å². The molecule has 0 heterocycles. The third-order valence-electron chi connectivity index (χ3n) is 2.56. The zero-order valence-electron chi connectivity index (χ0n) is 11.1. The van der Waals surface area contributed by atoms with Crippen molar-refractivity contribution in [3.8, 4) is 5.75 Å². The third kappa shape index (κ3) is 4.96. The molecule has 0 saturated carbocycles. The van der Waals surface area contributed by atoms with Crippen LogP contribution in [0.25, 0.3) is 0 Å². The van der Waals surface area contributed by atoms with Crippen molar-refractivity contribution in [2.45, 2.75) is 26.7 Å². The molecular formula is C14H20ClNO2. The van der Waals surface area contributed by atoms with Crippen molar-refractivity contribution in [3.63, 3.8) is 0 Å². The van der Waals surface area contributed by atoms with E-state index in [1.807, 2.05) is 18.2 Å². The van der Waals surface area contributed by atoms with E-state index in [1.165, 1.54) is 0 Å². The van der Waals surface area contributed by atoms with Gasteiger partial charge in [0.2, 0.25) is 5.91 Å². The number of hydrogen-bond acceptors (Lipinski definition) is 2. The molecule has 4 heteroatoms. The van der Waals surface area contributed by atoms with Crippen LogP contribution in [0.5, 0.6) is 5.75 Å². The van der Waals surface area contributed by atoms with Crippen LogP contribution in [-0.4, -0.2) is 19.6 Å². The highest BCUT2D eigenvalue weighted by molar-refractivity contribution is 6.32. The molecule has 1 aromatic rings. The highest BCUT2D eigenvalue weighted by atomic mass is 35.5. The number of benzene rings is 1. The lowest BCUT2D eigenvalue weighted by Gasteiger charge is -2.08. The van der Waals surface area contributed by atoms with Crippen molar-refractivity contribution in [1.29, 1.82) is 0 Å². The Morgan fingerprint density at radius 3 is 2.72 bits per heavy atom. The number of aryl methyl sites for hydroxylation is 1. The summed E-state index contributed by atoms with van der Waals surface area (Å²) in [6, 6.07) is 5.60. The SMILES string of the molecule is COc1ccc(CCC(=O)NCC(C)C)cc1Cl. The molecule has 0 atom stereocenters. The molecule has 0 unspecified atom stereocenters. The quantitative estimate of drug-likeness (QED) is 0.862. The highest BCUT2D eigenvalue weighted by Gasteiger charge is 2.05. The van der Waals surface area contributed by atoms with Crippen LogP contribution in [0.2, 0.25) is 5.02 Å². The van der Waals surface area contributed by atoms with E-state index in [2.05, 4.69) is 19.2 Å². The second-order valence-electron chi connectivity index (χ2n) is 4.67.